The van der Waals surface area contributed by atoms with Crippen molar-refractivity contribution in [1.82, 2.24) is 4.98 Å². The predicted molar refractivity (Wildman–Crippen MR) is 98.1 cm³/mol. The number of benzene rings is 1. The second-order valence-corrected chi connectivity index (χ2v) is 8.63. The molecule has 1 heterocycles. The lowest BCUT2D eigenvalue weighted by Crippen LogP contribution is -2.24. The molecule has 9 heteroatoms. The third-order valence-corrected chi connectivity index (χ3v) is 6.67. The van der Waals surface area contributed by atoms with Crippen LogP contribution in [-0.4, -0.2) is 33.1 Å². The van der Waals surface area contributed by atoms with Gasteiger partial charge >= 0.3 is 5.97 Å². The summed E-state index contributed by atoms with van der Waals surface area (Å²) in [6, 6.07) is 6.13. The molecule has 26 heavy (non-hydrogen) atoms. The number of fused-ring (bicyclic) bond motifs is 1. The summed E-state index contributed by atoms with van der Waals surface area (Å²) >= 11 is 1.27. The molecule has 0 spiro atoms. The van der Waals surface area contributed by atoms with Gasteiger partial charge in [0.15, 0.2) is 5.13 Å². The number of carbonyl (C=O) groups is 1. The molecular formula is C17H20N2O5S2. The van der Waals surface area contributed by atoms with Crippen LogP contribution >= 0.6 is 11.3 Å². The maximum absolute atomic E-state index is 12.5. The largest absolute Gasteiger partial charge is 0.497 e. The summed E-state index contributed by atoms with van der Waals surface area (Å²) in [5, 5.41) is 0.315. The number of hydrogen-bond donors (Lipinski definition) is 1. The molecule has 0 amide bonds. The Labute approximate surface area is 156 Å². The number of sulfonamides is 1. The lowest BCUT2D eigenvalue weighted by atomic mass is 9.91. The van der Waals surface area contributed by atoms with Crippen molar-refractivity contribution in [2.75, 3.05) is 18.4 Å². The quantitative estimate of drug-likeness (QED) is 0.754. The first-order chi connectivity index (χ1) is 12.4. The second kappa shape index (κ2) is 7.63. The van der Waals surface area contributed by atoms with Crippen molar-refractivity contribution in [3.8, 4) is 5.75 Å². The Balaban J connectivity index is 1.74. The highest BCUT2D eigenvalue weighted by Gasteiger charge is 2.29. The van der Waals surface area contributed by atoms with E-state index >= 15 is 0 Å². The van der Waals surface area contributed by atoms with Gasteiger partial charge in [-0.1, -0.05) is 0 Å². The van der Waals surface area contributed by atoms with E-state index in [2.05, 4.69) is 9.71 Å². The van der Waals surface area contributed by atoms with Crippen LogP contribution in [0.3, 0.4) is 0 Å². The number of esters is 1. The summed E-state index contributed by atoms with van der Waals surface area (Å²) in [5.74, 6) is 0.194. The van der Waals surface area contributed by atoms with E-state index in [1.54, 1.807) is 19.1 Å². The second-order valence-electron chi connectivity index (χ2n) is 5.86. The van der Waals surface area contributed by atoms with Crippen LogP contribution in [0.1, 0.15) is 23.9 Å². The number of carbonyl (C=O) groups excluding carboxylic acids is 1. The molecule has 0 radical (unpaired) electrons. The van der Waals surface area contributed by atoms with E-state index in [-0.39, 0.29) is 16.8 Å². The summed E-state index contributed by atoms with van der Waals surface area (Å²) < 4.78 is 37.7. The van der Waals surface area contributed by atoms with Gasteiger partial charge in [0.25, 0.3) is 10.0 Å². The van der Waals surface area contributed by atoms with E-state index in [0.29, 0.717) is 36.8 Å². The molecule has 0 saturated carbocycles. The molecule has 0 aliphatic heterocycles. The van der Waals surface area contributed by atoms with Gasteiger partial charge in [-0.2, -0.15) is 0 Å². The summed E-state index contributed by atoms with van der Waals surface area (Å²) in [7, 11) is -2.21. The van der Waals surface area contributed by atoms with Gasteiger partial charge in [-0.3, -0.25) is 9.52 Å². The number of anilines is 1. The zero-order valence-electron chi connectivity index (χ0n) is 14.5. The van der Waals surface area contributed by atoms with Crippen LogP contribution < -0.4 is 9.46 Å². The molecule has 0 bridgehead atoms. The molecule has 2 aromatic rings. The highest BCUT2D eigenvalue weighted by Crippen LogP contribution is 2.33. The number of nitrogens with zero attached hydrogens (tertiary/aromatic N) is 1. The Morgan fingerprint density at radius 1 is 1.35 bits per heavy atom. The van der Waals surface area contributed by atoms with Crippen LogP contribution in [0, 0.1) is 5.92 Å². The number of thiazole rings is 1. The zero-order chi connectivity index (χ0) is 18.7. The average Bonchev–Trinajstić information content (AvgIpc) is 3.02. The van der Waals surface area contributed by atoms with Crippen LogP contribution in [0.25, 0.3) is 0 Å². The molecule has 7 nitrogen and oxygen atoms in total. The maximum Gasteiger partial charge on any atom is 0.309 e. The Morgan fingerprint density at radius 3 is 2.73 bits per heavy atom. The summed E-state index contributed by atoms with van der Waals surface area (Å²) in [6.07, 6.45) is 1.84. The Hall–Kier alpha value is -2.13. The lowest BCUT2D eigenvalue weighted by Gasteiger charge is -2.18. The number of aryl methyl sites for hydroxylation is 1. The van der Waals surface area contributed by atoms with Gasteiger partial charge < -0.3 is 9.47 Å². The monoisotopic (exact) mass is 396 g/mol. The van der Waals surface area contributed by atoms with Crippen molar-refractivity contribution in [2.24, 2.45) is 5.92 Å². The molecule has 1 atom stereocenters. The van der Waals surface area contributed by atoms with E-state index < -0.39 is 10.0 Å². The van der Waals surface area contributed by atoms with E-state index in [4.69, 9.17) is 9.47 Å². The molecule has 3 rings (SSSR count). The van der Waals surface area contributed by atoms with Gasteiger partial charge in [0.05, 0.1) is 30.2 Å². The highest BCUT2D eigenvalue weighted by atomic mass is 32.2. The fourth-order valence-electron chi connectivity index (χ4n) is 2.81. The molecule has 1 aromatic carbocycles. The van der Waals surface area contributed by atoms with Crippen molar-refractivity contribution < 1.29 is 22.7 Å². The van der Waals surface area contributed by atoms with Gasteiger partial charge in [0, 0.05) is 4.88 Å². The smallest absolute Gasteiger partial charge is 0.309 e. The molecular weight excluding hydrogens is 376 g/mol. The topological polar surface area (TPSA) is 94.6 Å². The highest BCUT2D eigenvalue weighted by molar-refractivity contribution is 7.93. The minimum Gasteiger partial charge on any atom is -0.497 e. The summed E-state index contributed by atoms with van der Waals surface area (Å²) in [6.45, 7) is 2.14. The van der Waals surface area contributed by atoms with Crippen LogP contribution in [0.2, 0.25) is 0 Å². The summed E-state index contributed by atoms with van der Waals surface area (Å²) in [5.41, 5.74) is 0.850. The fraction of sp³-hybridized carbons (Fsp3) is 0.412. The number of hydrogen-bond acceptors (Lipinski definition) is 7. The van der Waals surface area contributed by atoms with Gasteiger partial charge in [-0.15, -0.1) is 11.3 Å². The molecule has 1 N–H and O–H groups in total. The van der Waals surface area contributed by atoms with Crippen LogP contribution in [-0.2, 0) is 32.4 Å². The molecule has 0 fully saturated rings. The van der Waals surface area contributed by atoms with Crippen LogP contribution in [0.15, 0.2) is 29.2 Å². The van der Waals surface area contributed by atoms with E-state index in [1.807, 2.05) is 0 Å². The van der Waals surface area contributed by atoms with E-state index in [0.717, 1.165) is 10.6 Å². The Bertz CT molecular complexity index is 890. The standard InChI is InChI=1S/C17H20N2O5S2/c1-3-24-16(20)11-4-9-14-15(10-11)25-17(18-14)19-26(21,22)13-7-5-12(23-2)6-8-13/h5-8,11H,3-4,9-10H2,1-2H3,(H,18,19). The SMILES string of the molecule is CCOC(=O)C1CCc2nc(NS(=O)(=O)c3ccc(OC)cc3)sc2C1. The number of nitrogens with one attached hydrogen (secondary N) is 1. The van der Waals surface area contributed by atoms with Gasteiger partial charge in [-0.05, 0) is 50.5 Å². The maximum atomic E-state index is 12.5. The molecule has 1 aromatic heterocycles. The number of methoxy groups -OCH3 is 1. The number of aromatic nitrogens is 1. The Kier molecular flexibility index (Phi) is 5.47. The van der Waals surface area contributed by atoms with Gasteiger partial charge in [-0.25, -0.2) is 13.4 Å². The van der Waals surface area contributed by atoms with E-state index in [1.165, 1.54) is 30.6 Å². The first kappa shape index (κ1) is 18.7. The molecule has 1 aliphatic rings. The van der Waals surface area contributed by atoms with Crippen molar-refractivity contribution in [3.63, 3.8) is 0 Å². The number of ether oxygens (including phenoxy) is 2. The molecule has 140 valence electrons. The average molecular weight is 396 g/mol. The van der Waals surface area contributed by atoms with Crippen molar-refractivity contribution >= 4 is 32.5 Å². The molecule has 0 saturated heterocycles. The Morgan fingerprint density at radius 2 is 2.08 bits per heavy atom. The van der Waals surface area contributed by atoms with Crippen molar-refractivity contribution in [2.45, 2.75) is 31.1 Å². The van der Waals surface area contributed by atoms with E-state index in [9.17, 15) is 13.2 Å². The van der Waals surface area contributed by atoms with Crippen molar-refractivity contribution in [3.05, 3.63) is 34.8 Å². The van der Waals surface area contributed by atoms with Gasteiger partial charge in [0.2, 0.25) is 0 Å². The van der Waals surface area contributed by atoms with Crippen LogP contribution in [0.5, 0.6) is 5.75 Å². The number of rotatable bonds is 6. The first-order valence-corrected chi connectivity index (χ1v) is 10.5. The summed E-state index contributed by atoms with van der Waals surface area (Å²) in [4.78, 5) is 17.4. The molecule has 1 unspecified atom stereocenters. The third kappa shape index (κ3) is 3.99. The first-order valence-electron chi connectivity index (χ1n) is 8.25. The fourth-order valence-corrected chi connectivity index (χ4v) is 5.13. The molecule has 1 aliphatic carbocycles. The third-order valence-electron chi connectivity index (χ3n) is 4.15. The minimum absolute atomic E-state index is 0.135. The van der Waals surface area contributed by atoms with Crippen molar-refractivity contribution in [1.29, 1.82) is 0 Å². The minimum atomic E-state index is -3.73. The van der Waals surface area contributed by atoms with Crippen LogP contribution in [0.4, 0.5) is 5.13 Å². The lowest BCUT2D eigenvalue weighted by molar-refractivity contribution is -0.148. The zero-order valence-corrected chi connectivity index (χ0v) is 16.2. The van der Waals surface area contributed by atoms with Gasteiger partial charge in [0.1, 0.15) is 5.75 Å². The predicted octanol–water partition coefficient (Wildman–Crippen LogP) is 2.62. The normalized spacial score (nSPS) is 16.6.